The Morgan fingerprint density at radius 3 is 2.57 bits per heavy atom. The van der Waals surface area contributed by atoms with Crippen LogP contribution in [0.4, 0.5) is 0 Å². The summed E-state index contributed by atoms with van der Waals surface area (Å²) in [5, 5.41) is 8.95. The highest BCUT2D eigenvalue weighted by Gasteiger charge is 2.01. The zero-order chi connectivity index (χ0) is 10.2. The maximum Gasteiger partial charge on any atom is 0.0493 e. The molecule has 1 aromatic carbocycles. The molecule has 14 heavy (non-hydrogen) atoms. The van der Waals surface area contributed by atoms with Crippen molar-refractivity contribution in [2.45, 2.75) is 19.3 Å². The van der Waals surface area contributed by atoms with Crippen LogP contribution in [0.5, 0.6) is 0 Å². The summed E-state index contributed by atoms with van der Waals surface area (Å²) in [6.45, 7) is 3.92. The van der Waals surface area contributed by atoms with Crippen molar-refractivity contribution < 1.29 is 5.11 Å². The molecule has 0 radical (unpaired) electrons. The first-order valence-electron chi connectivity index (χ1n) is 5.14. The molecule has 0 aliphatic rings. The van der Waals surface area contributed by atoms with Crippen molar-refractivity contribution in [3.8, 4) is 0 Å². The van der Waals surface area contributed by atoms with E-state index in [0.717, 1.165) is 19.3 Å². The van der Waals surface area contributed by atoms with Crippen molar-refractivity contribution in [2.24, 2.45) is 5.92 Å². The van der Waals surface area contributed by atoms with Crippen molar-refractivity contribution in [1.29, 1.82) is 0 Å². The molecular formula is C13H18O. The predicted molar refractivity (Wildman–Crippen MR) is 60.2 cm³/mol. The third-order valence-electron chi connectivity index (χ3n) is 2.45. The number of hydrogen-bond donors (Lipinski definition) is 1. The lowest BCUT2D eigenvalue weighted by Crippen LogP contribution is -2.02. The molecular weight excluding hydrogens is 172 g/mol. The molecule has 0 aliphatic carbocycles. The predicted octanol–water partition coefficient (Wildman–Crippen LogP) is 2.80. The van der Waals surface area contributed by atoms with Gasteiger partial charge in [0.1, 0.15) is 0 Å². The molecule has 0 amide bonds. The van der Waals surface area contributed by atoms with Gasteiger partial charge in [0.15, 0.2) is 0 Å². The van der Waals surface area contributed by atoms with Gasteiger partial charge in [-0.3, -0.25) is 0 Å². The molecule has 1 atom stereocenters. The van der Waals surface area contributed by atoms with Crippen LogP contribution in [0.15, 0.2) is 43.0 Å². The van der Waals surface area contributed by atoms with Gasteiger partial charge in [0, 0.05) is 6.61 Å². The van der Waals surface area contributed by atoms with Gasteiger partial charge in [-0.05, 0) is 30.7 Å². The van der Waals surface area contributed by atoms with Crippen LogP contribution in [0.1, 0.15) is 18.4 Å². The average Bonchev–Trinajstić information content (AvgIpc) is 2.26. The maximum atomic E-state index is 8.95. The van der Waals surface area contributed by atoms with Gasteiger partial charge in [-0.15, -0.1) is 6.58 Å². The smallest absolute Gasteiger partial charge is 0.0493 e. The number of aryl methyl sites for hydroxylation is 1. The number of aliphatic hydroxyl groups excluding tert-OH is 1. The zero-order valence-electron chi connectivity index (χ0n) is 8.52. The van der Waals surface area contributed by atoms with Gasteiger partial charge < -0.3 is 5.11 Å². The van der Waals surface area contributed by atoms with E-state index < -0.39 is 0 Å². The highest BCUT2D eigenvalue weighted by Crippen LogP contribution is 2.10. The number of hydrogen-bond acceptors (Lipinski definition) is 1. The lowest BCUT2D eigenvalue weighted by atomic mass is 10.0. The molecule has 1 heteroatoms. The molecule has 0 aromatic heterocycles. The molecule has 1 unspecified atom stereocenters. The van der Waals surface area contributed by atoms with E-state index >= 15 is 0 Å². The summed E-state index contributed by atoms with van der Waals surface area (Å²) in [5.41, 5.74) is 1.37. The third-order valence-corrected chi connectivity index (χ3v) is 2.45. The van der Waals surface area contributed by atoms with Crippen LogP contribution in [0.2, 0.25) is 0 Å². The number of aliphatic hydroxyl groups is 1. The lowest BCUT2D eigenvalue weighted by molar-refractivity contribution is 0.244. The summed E-state index contributed by atoms with van der Waals surface area (Å²) in [6.07, 6.45) is 5.06. The van der Waals surface area contributed by atoms with Gasteiger partial charge >= 0.3 is 0 Å². The molecule has 0 aliphatic heterocycles. The van der Waals surface area contributed by atoms with Crippen LogP contribution >= 0.6 is 0 Å². The first-order valence-corrected chi connectivity index (χ1v) is 5.14. The van der Waals surface area contributed by atoms with E-state index in [4.69, 9.17) is 5.11 Å². The van der Waals surface area contributed by atoms with Crippen LogP contribution in [0.3, 0.4) is 0 Å². The fraction of sp³-hybridized carbons (Fsp3) is 0.385. The molecule has 0 fully saturated rings. The van der Waals surface area contributed by atoms with Gasteiger partial charge in [-0.2, -0.15) is 0 Å². The normalized spacial score (nSPS) is 12.4. The first-order chi connectivity index (χ1) is 6.86. The molecule has 1 rings (SSSR count). The SMILES string of the molecule is C=CC(CO)CCCc1ccccc1. The minimum absolute atomic E-state index is 0.221. The minimum Gasteiger partial charge on any atom is -0.396 e. The molecule has 0 spiro atoms. The van der Waals surface area contributed by atoms with Gasteiger partial charge in [0.05, 0.1) is 0 Å². The van der Waals surface area contributed by atoms with E-state index in [0.29, 0.717) is 0 Å². The molecule has 0 saturated heterocycles. The Hall–Kier alpha value is -1.08. The van der Waals surface area contributed by atoms with Crippen LogP contribution in [-0.2, 0) is 6.42 Å². The van der Waals surface area contributed by atoms with Crippen molar-refractivity contribution in [2.75, 3.05) is 6.61 Å². The standard InChI is InChI=1S/C13H18O/c1-2-12(11-14)9-6-10-13-7-4-3-5-8-13/h2-5,7-8,12,14H,1,6,9-11H2. The summed E-state index contributed by atoms with van der Waals surface area (Å²) in [4.78, 5) is 0. The summed E-state index contributed by atoms with van der Waals surface area (Å²) < 4.78 is 0. The fourth-order valence-electron chi connectivity index (χ4n) is 1.50. The molecule has 1 nitrogen and oxygen atoms in total. The molecule has 1 aromatic rings. The Morgan fingerprint density at radius 1 is 1.29 bits per heavy atom. The summed E-state index contributed by atoms with van der Waals surface area (Å²) >= 11 is 0. The first kappa shape index (κ1) is 11.0. The van der Waals surface area contributed by atoms with E-state index in [1.807, 2.05) is 12.1 Å². The zero-order valence-corrected chi connectivity index (χ0v) is 8.52. The van der Waals surface area contributed by atoms with Crippen LogP contribution in [0.25, 0.3) is 0 Å². The van der Waals surface area contributed by atoms with E-state index in [1.54, 1.807) is 0 Å². The second-order valence-corrected chi connectivity index (χ2v) is 3.56. The van der Waals surface area contributed by atoms with Gasteiger partial charge in [-0.1, -0.05) is 36.4 Å². The van der Waals surface area contributed by atoms with Crippen molar-refractivity contribution in [1.82, 2.24) is 0 Å². The molecule has 0 bridgehead atoms. The van der Waals surface area contributed by atoms with E-state index in [-0.39, 0.29) is 12.5 Å². The third kappa shape index (κ3) is 3.75. The van der Waals surface area contributed by atoms with Crippen molar-refractivity contribution in [3.63, 3.8) is 0 Å². The minimum atomic E-state index is 0.221. The Balaban J connectivity index is 2.25. The second-order valence-electron chi connectivity index (χ2n) is 3.56. The summed E-state index contributed by atoms with van der Waals surface area (Å²) in [7, 11) is 0. The molecule has 1 N–H and O–H groups in total. The summed E-state index contributed by atoms with van der Waals surface area (Å²) in [6, 6.07) is 10.4. The van der Waals surface area contributed by atoms with Crippen LogP contribution in [-0.4, -0.2) is 11.7 Å². The molecule has 0 saturated carbocycles. The largest absolute Gasteiger partial charge is 0.396 e. The van der Waals surface area contributed by atoms with E-state index in [2.05, 4.69) is 30.8 Å². The summed E-state index contributed by atoms with van der Waals surface area (Å²) in [5.74, 6) is 0.263. The van der Waals surface area contributed by atoms with Gasteiger partial charge in [0.25, 0.3) is 0 Å². The Kier molecular flexibility index (Phi) is 5.02. The Labute approximate surface area is 86.1 Å². The second kappa shape index (κ2) is 6.39. The quantitative estimate of drug-likeness (QED) is 0.684. The lowest BCUT2D eigenvalue weighted by Gasteiger charge is -2.07. The highest BCUT2D eigenvalue weighted by atomic mass is 16.3. The molecule has 0 heterocycles. The monoisotopic (exact) mass is 190 g/mol. The highest BCUT2D eigenvalue weighted by molar-refractivity contribution is 5.14. The fourth-order valence-corrected chi connectivity index (χ4v) is 1.50. The van der Waals surface area contributed by atoms with E-state index in [9.17, 15) is 0 Å². The van der Waals surface area contributed by atoms with Gasteiger partial charge in [-0.25, -0.2) is 0 Å². The molecule has 76 valence electrons. The van der Waals surface area contributed by atoms with Gasteiger partial charge in [0.2, 0.25) is 0 Å². The van der Waals surface area contributed by atoms with Crippen LogP contribution in [0, 0.1) is 5.92 Å². The number of rotatable bonds is 6. The Morgan fingerprint density at radius 2 is 2.00 bits per heavy atom. The number of benzene rings is 1. The van der Waals surface area contributed by atoms with Crippen LogP contribution < -0.4 is 0 Å². The maximum absolute atomic E-state index is 8.95. The average molecular weight is 190 g/mol. The van der Waals surface area contributed by atoms with E-state index in [1.165, 1.54) is 5.56 Å². The Bertz CT molecular complexity index is 253. The van der Waals surface area contributed by atoms with Crippen molar-refractivity contribution in [3.05, 3.63) is 48.6 Å². The van der Waals surface area contributed by atoms with Crippen molar-refractivity contribution >= 4 is 0 Å². The topological polar surface area (TPSA) is 20.2 Å².